The number of anilines is 8. The molecular formula is C74H89F12N21O5. The molecule has 0 aliphatic carbocycles. The average Bonchev–Trinajstić information content (AvgIpc) is 1.29. The predicted molar refractivity (Wildman–Crippen MR) is 407 cm³/mol. The van der Waals surface area contributed by atoms with Gasteiger partial charge in [-0.3, -0.25) is 19.2 Å². The quantitative estimate of drug-likeness (QED) is 0.0236. The van der Waals surface area contributed by atoms with E-state index in [2.05, 4.69) is 60.9 Å². The van der Waals surface area contributed by atoms with Gasteiger partial charge in [0.05, 0.1) is 63.4 Å². The highest BCUT2D eigenvalue weighted by Crippen LogP contribution is 2.39. The number of ether oxygens (including phenoxy) is 1. The molecule has 1 unspecified atom stereocenters. The minimum atomic E-state index is -4.78. The molecule has 1 saturated heterocycles. The molecule has 112 heavy (non-hydrogen) atoms. The van der Waals surface area contributed by atoms with E-state index in [1.54, 1.807) is 14.0 Å². The van der Waals surface area contributed by atoms with Gasteiger partial charge in [-0.2, -0.15) is 62.5 Å². The van der Waals surface area contributed by atoms with E-state index >= 15 is 0 Å². The summed E-state index contributed by atoms with van der Waals surface area (Å²) in [5.41, 5.74) is 33.7. The lowest BCUT2D eigenvalue weighted by molar-refractivity contribution is -0.138. The molecule has 38 heteroatoms. The van der Waals surface area contributed by atoms with Gasteiger partial charge in [0.2, 0.25) is 23.1 Å². The highest BCUT2D eigenvalue weighted by molar-refractivity contribution is 6.13. The molecule has 604 valence electrons. The number of halogens is 12. The topological polar surface area (TPSA) is 420 Å². The molecule has 0 spiro atoms. The summed E-state index contributed by atoms with van der Waals surface area (Å²) < 4.78 is 167. The molecule has 1 aromatic carbocycles. The number of nitrogens with zero attached hydrogens (tertiary/aromatic N) is 11. The first-order valence-electron chi connectivity index (χ1n) is 33.9. The molecule has 0 amide bonds. The maximum atomic E-state index is 13.7. The summed E-state index contributed by atoms with van der Waals surface area (Å²) in [6.07, 6.45) is -12.9. The fourth-order valence-corrected chi connectivity index (χ4v) is 11.0. The number of benzene rings is 1. The van der Waals surface area contributed by atoms with Gasteiger partial charge in [0.15, 0.2) is 5.82 Å². The molecule has 3 atom stereocenters. The molecule has 10 aromatic rings. The van der Waals surface area contributed by atoms with Crippen LogP contribution in [0.2, 0.25) is 0 Å². The fraction of sp³-hybridized carbons (Fsp3) is 0.284. The van der Waals surface area contributed by atoms with E-state index in [4.69, 9.17) is 44.9 Å². The van der Waals surface area contributed by atoms with Crippen molar-refractivity contribution in [1.82, 2.24) is 55.0 Å². The number of carbonyl (C=O) groups is 4. The van der Waals surface area contributed by atoms with Crippen LogP contribution in [-0.4, -0.2) is 125 Å². The van der Waals surface area contributed by atoms with E-state index in [9.17, 15) is 71.9 Å². The number of carbonyl (C=O) groups excluding carboxylic acids is 4. The standard InChI is InChI=1S/C23H22F3N5O2.C18H22F3N5O.C17H20F3N5O.C16H13F3N6O.6H2/c1-33-15-5-2-4-14(12-15)18-13-31(11-10-28-18)19-8-7-17(23(24,25)26)20(30-19)21(32)16-6-3-9-29-22(16)27;1-10(2)8-11(22)9-25-14-6-5-13(18(19,20)21)15(26-14)16(27)12-4-3-7-24-17(12)23;1-9(2)12(21)8-24-13-6-5-11(17(18,19)20)14(25-13)15(26)10-4-3-7-23-16(10)22;1-8-7-11(20)25(24-8)12-5-4-10(16(17,18)19)13(23-12)14(26)9-3-2-6-22-15(9)21;;;;;;/h2-9,12,18,28H,10-11,13H2,1H3,(H2,27,29);3-7,10-11H,8-9,22H2,1-2H3,(H2,23,24)(H,25,26);3-7,9,12H,8,21H2,1-2H3,(H2,22,23)(H,24,25);2-7H,20H2,1H3,(H2,21,22);6*1H/t;11-;12-;;;;;;;/m.01......./s1. The van der Waals surface area contributed by atoms with Crippen LogP contribution in [0.4, 0.5) is 99.2 Å². The minimum absolute atomic E-state index is 0. The zero-order valence-corrected chi connectivity index (χ0v) is 60.6. The number of hydrogen-bond donors (Lipinski definition) is 10. The second kappa shape index (κ2) is 36.4. The highest BCUT2D eigenvalue weighted by atomic mass is 19.4. The van der Waals surface area contributed by atoms with Crippen LogP contribution < -0.4 is 65.7 Å². The van der Waals surface area contributed by atoms with Gasteiger partial charge in [-0.05, 0) is 140 Å². The smallest absolute Gasteiger partial charge is 0.418 e. The van der Waals surface area contributed by atoms with Gasteiger partial charge >= 0.3 is 24.7 Å². The zero-order chi connectivity index (χ0) is 82.3. The number of methoxy groups -OCH3 is 1. The monoisotopic (exact) mass is 1580 g/mol. The number of nitrogens with two attached hydrogens (primary N) is 7. The Hall–Kier alpha value is -12.5. The predicted octanol–water partition coefficient (Wildman–Crippen LogP) is 13.1. The molecule has 0 bridgehead atoms. The molecule has 17 N–H and O–H groups in total. The van der Waals surface area contributed by atoms with Gasteiger partial charge in [-0.1, -0.05) is 39.8 Å². The number of ketones is 4. The van der Waals surface area contributed by atoms with Gasteiger partial charge in [0.25, 0.3) is 0 Å². The first-order chi connectivity index (χ1) is 52.7. The summed E-state index contributed by atoms with van der Waals surface area (Å²) >= 11 is 0. The molecule has 10 heterocycles. The zero-order valence-electron chi connectivity index (χ0n) is 60.6. The van der Waals surface area contributed by atoms with Crippen LogP contribution >= 0.6 is 0 Å². The first-order valence-corrected chi connectivity index (χ1v) is 33.9. The Bertz CT molecular complexity index is 5020. The van der Waals surface area contributed by atoms with Gasteiger partial charge in [0, 0.05) is 84.2 Å². The number of aryl methyl sites for hydroxylation is 1. The average molecular weight is 1580 g/mol. The lowest BCUT2D eigenvalue weighted by Crippen LogP contribution is -2.46. The normalized spacial score (nSPS) is 13.6. The van der Waals surface area contributed by atoms with Crippen LogP contribution in [0.5, 0.6) is 5.75 Å². The third-order valence-corrected chi connectivity index (χ3v) is 16.7. The third kappa shape index (κ3) is 21.9. The van der Waals surface area contributed by atoms with Crippen molar-refractivity contribution < 1.29 is 85.2 Å². The number of nitrogens with one attached hydrogen (secondary N) is 3. The SMILES string of the molecule is CC(C)C[C@H](N)CNc1ccc(C(F)(F)F)c(C(=O)c2cccnc2N)n1.CC(C)[C@H](N)CNc1ccc(C(F)(F)F)c(C(=O)c2cccnc2N)n1.COc1cccc(C2CN(c3ccc(C(F)(F)F)c(C(=O)c4cccnc4N)n3)CCN2)c1.Cc1cc(N)n(-c2ccc(C(F)(F)F)c(C(=O)c3cccnc3N)n2)n1.[HH].[HH].[HH].[HH].[HH].[HH]. The van der Waals surface area contributed by atoms with Crippen molar-refractivity contribution in [2.24, 2.45) is 23.3 Å². The van der Waals surface area contributed by atoms with Crippen molar-refractivity contribution in [2.45, 2.75) is 83.9 Å². The van der Waals surface area contributed by atoms with Crippen molar-refractivity contribution >= 4 is 69.7 Å². The molecule has 26 nitrogen and oxygen atoms in total. The van der Waals surface area contributed by atoms with Gasteiger partial charge in [-0.25, -0.2) is 39.9 Å². The maximum Gasteiger partial charge on any atom is 0.418 e. The Morgan fingerprint density at radius 1 is 0.527 bits per heavy atom. The molecular weight excluding hydrogens is 1490 g/mol. The van der Waals surface area contributed by atoms with Crippen molar-refractivity contribution in [3.63, 3.8) is 0 Å². The molecule has 9 aromatic heterocycles. The Kier molecular flexibility index (Phi) is 27.7. The Labute approximate surface area is 641 Å². The second-order valence-corrected chi connectivity index (χ2v) is 25.8. The summed E-state index contributed by atoms with van der Waals surface area (Å²) in [6.45, 7) is 11.7. The van der Waals surface area contributed by atoms with E-state index in [-0.39, 0.29) is 107 Å². The van der Waals surface area contributed by atoms with Gasteiger partial charge < -0.3 is 65.7 Å². The number of piperazine rings is 1. The van der Waals surface area contributed by atoms with Crippen molar-refractivity contribution in [2.75, 3.05) is 84.0 Å². The number of nitrogen functional groups attached to an aromatic ring is 5. The summed E-state index contributed by atoms with van der Waals surface area (Å²) in [7, 11) is 1.58. The van der Waals surface area contributed by atoms with E-state index in [0.717, 1.165) is 47.0 Å². The minimum Gasteiger partial charge on any atom is -0.497 e. The molecule has 1 fully saturated rings. The lowest BCUT2D eigenvalue weighted by atomic mass is 10.0. The van der Waals surface area contributed by atoms with E-state index in [1.807, 2.05) is 56.9 Å². The molecule has 0 saturated carbocycles. The number of alkyl halides is 12. The Morgan fingerprint density at radius 3 is 1.29 bits per heavy atom. The second-order valence-electron chi connectivity index (χ2n) is 25.8. The summed E-state index contributed by atoms with van der Waals surface area (Å²) in [5.74, 6) is -2.50. The molecule has 11 rings (SSSR count). The summed E-state index contributed by atoms with van der Waals surface area (Å²) in [6, 6.07) is 27.5. The van der Waals surface area contributed by atoms with Crippen LogP contribution in [0, 0.1) is 18.8 Å². The van der Waals surface area contributed by atoms with Gasteiger partial charge in [0.1, 0.15) is 75.1 Å². The van der Waals surface area contributed by atoms with Crippen LogP contribution in [0.15, 0.2) is 152 Å². The number of rotatable bonds is 21. The van der Waals surface area contributed by atoms with Gasteiger partial charge in [-0.15, -0.1) is 0 Å². The fourth-order valence-electron chi connectivity index (χ4n) is 11.0. The van der Waals surface area contributed by atoms with Crippen molar-refractivity contribution in [1.29, 1.82) is 0 Å². The lowest BCUT2D eigenvalue weighted by Gasteiger charge is -2.35. The van der Waals surface area contributed by atoms with Crippen LogP contribution in [0.25, 0.3) is 5.82 Å². The first kappa shape index (κ1) is 85.2. The van der Waals surface area contributed by atoms with E-state index < -0.39 is 92.9 Å². The summed E-state index contributed by atoms with van der Waals surface area (Å²) in [5, 5.41) is 13.2. The highest BCUT2D eigenvalue weighted by Gasteiger charge is 2.41. The summed E-state index contributed by atoms with van der Waals surface area (Å²) in [4.78, 5) is 83.5. The van der Waals surface area contributed by atoms with Crippen LogP contribution in [0.3, 0.4) is 0 Å². The maximum absolute atomic E-state index is 13.7. The largest absolute Gasteiger partial charge is 0.497 e. The number of hydrogen-bond acceptors (Lipinski definition) is 25. The van der Waals surface area contributed by atoms with Crippen molar-refractivity contribution in [3.05, 3.63) is 231 Å². The number of aromatic nitrogens is 10. The molecule has 1 aliphatic rings. The van der Waals surface area contributed by atoms with Crippen LogP contribution in [-0.2, 0) is 24.7 Å². The van der Waals surface area contributed by atoms with E-state index in [1.165, 1.54) is 97.6 Å². The Balaban J connectivity index is 0.000000527. The molecule has 1 aliphatic heterocycles. The third-order valence-electron chi connectivity index (χ3n) is 16.7. The Morgan fingerprint density at radius 2 is 0.920 bits per heavy atom. The van der Waals surface area contributed by atoms with E-state index in [0.29, 0.717) is 50.1 Å². The van der Waals surface area contributed by atoms with Crippen molar-refractivity contribution in [3.8, 4) is 11.6 Å². The molecule has 0 radical (unpaired) electrons. The van der Waals surface area contributed by atoms with Crippen LogP contribution in [0.1, 0.15) is 146 Å². The number of pyridine rings is 8.